The third-order valence-electron chi connectivity index (χ3n) is 22.2. The van der Waals surface area contributed by atoms with Gasteiger partial charge in [-0.3, -0.25) is 9.59 Å². The Morgan fingerprint density at radius 1 is 0.400 bits per heavy atom. The predicted molar refractivity (Wildman–Crippen MR) is 451 cm³/mol. The summed E-state index contributed by atoms with van der Waals surface area (Å²) in [5.41, 5.74) is 11.0. The Bertz CT molecular complexity index is 4450. The zero-order valence-corrected chi connectivity index (χ0v) is 69.6. The molecule has 0 saturated heterocycles. The van der Waals surface area contributed by atoms with Gasteiger partial charge in [0.2, 0.25) is 11.2 Å². The molecule has 2 aromatic heterocycles. The molecule has 7 aromatic rings. The van der Waals surface area contributed by atoms with Crippen LogP contribution in [0.25, 0.3) is 45.5 Å². The van der Waals surface area contributed by atoms with Crippen molar-refractivity contribution in [1.29, 1.82) is 0 Å². The fraction of sp³-hybridized carbons (Fsp3) is 0.505. The number of fused-ring (bicyclic) bond motifs is 4. The van der Waals surface area contributed by atoms with E-state index < -0.39 is 0 Å². The number of methoxy groups -OCH3 is 2. The maximum atomic E-state index is 13.9. The second-order valence-corrected chi connectivity index (χ2v) is 31.4. The van der Waals surface area contributed by atoms with Crippen LogP contribution in [0.1, 0.15) is 264 Å². The van der Waals surface area contributed by atoms with Gasteiger partial charge < -0.3 is 48.1 Å². The Kier molecular flexibility index (Phi) is 32.8. The highest BCUT2D eigenvalue weighted by Gasteiger charge is 2.38. The van der Waals surface area contributed by atoms with E-state index in [1.54, 1.807) is 44.6 Å². The van der Waals surface area contributed by atoms with Gasteiger partial charge in [0.25, 0.3) is 11.0 Å². The average molecular weight is 1560 g/mol. The summed E-state index contributed by atoms with van der Waals surface area (Å²) < 4.78 is 28.1. The summed E-state index contributed by atoms with van der Waals surface area (Å²) in [5, 5.41) is 29.5. The Hall–Kier alpha value is -7.91. The number of nitrogens with zero attached hydrogens (tertiary/aromatic N) is 6. The maximum Gasteiger partial charge on any atom is 0.374 e. The van der Waals surface area contributed by atoms with Crippen molar-refractivity contribution in [3.8, 4) is 22.6 Å². The molecular weight excluding hydrogens is 1440 g/mol. The number of carbonyl (C=O) groups is 2. The first-order valence-electron chi connectivity index (χ1n) is 41.9. The largest absolute Gasteiger partial charge is 0.871 e. The Morgan fingerprint density at radius 2 is 0.773 bits per heavy atom. The Labute approximate surface area is 671 Å². The molecule has 0 bridgehead atoms. The fourth-order valence-electron chi connectivity index (χ4n) is 15.8. The molecule has 0 N–H and O–H groups in total. The number of unbranched alkanes of at least 4 members (excludes halogenated alkanes) is 28. The van der Waals surface area contributed by atoms with Crippen molar-refractivity contribution in [2.24, 2.45) is 0 Å². The molecule has 2 aliphatic heterocycles. The van der Waals surface area contributed by atoms with Crippen LogP contribution in [0, 0.1) is 6.92 Å². The zero-order valence-electron chi connectivity index (χ0n) is 67.3. The minimum Gasteiger partial charge on any atom is -0.871 e. The highest BCUT2D eigenvalue weighted by molar-refractivity contribution is 6.42. The molecule has 0 spiro atoms. The third-order valence-corrected chi connectivity index (χ3v) is 23.4. The molecule has 4 heterocycles. The van der Waals surface area contributed by atoms with Gasteiger partial charge in [-0.05, 0) is 106 Å². The number of ketones is 2. The highest BCUT2D eigenvalue weighted by atomic mass is 35.5. The van der Waals surface area contributed by atoms with E-state index in [2.05, 4.69) is 101 Å². The van der Waals surface area contributed by atoms with E-state index in [0.29, 0.717) is 63.6 Å². The van der Waals surface area contributed by atoms with Gasteiger partial charge in [-0.15, -0.1) is 0 Å². The smallest absolute Gasteiger partial charge is 0.374 e. The lowest BCUT2D eigenvalue weighted by molar-refractivity contribution is -0.678. The van der Waals surface area contributed by atoms with Crippen LogP contribution in [0.15, 0.2) is 151 Å². The first-order chi connectivity index (χ1) is 53.6. The summed E-state index contributed by atoms with van der Waals surface area (Å²) in [5.74, 6) is 2.74. The van der Waals surface area contributed by atoms with Crippen LogP contribution in [0.5, 0.6) is 11.5 Å². The van der Waals surface area contributed by atoms with Gasteiger partial charge in [-0.1, -0.05) is 277 Å². The van der Waals surface area contributed by atoms with Gasteiger partial charge in [0.15, 0.2) is 36.2 Å². The van der Waals surface area contributed by atoms with E-state index in [-0.39, 0.29) is 45.4 Å². The average Bonchev–Trinajstić information content (AvgIpc) is 1.55. The number of aromatic nitrogens is 2. The number of oxazole rings is 2. The quantitative estimate of drug-likeness (QED) is 0.0203. The van der Waals surface area contributed by atoms with Gasteiger partial charge >= 0.3 is 11.8 Å². The Morgan fingerprint density at radius 3 is 1.19 bits per heavy atom. The number of rotatable bonds is 45. The lowest BCUT2D eigenvalue weighted by Gasteiger charge is -2.31. The Balaban J connectivity index is 0.000000234. The normalized spacial score (nSPS) is 15.6. The van der Waals surface area contributed by atoms with Crippen LogP contribution in [-0.2, 0) is 22.7 Å². The molecule has 17 heteroatoms. The molecule has 4 aliphatic rings. The molecule has 11 rings (SSSR count). The van der Waals surface area contributed by atoms with Gasteiger partial charge in [-0.25, -0.2) is 0 Å². The molecule has 0 saturated carbocycles. The lowest BCUT2D eigenvalue weighted by Crippen LogP contribution is -2.37. The molecule has 110 heavy (non-hydrogen) atoms. The third kappa shape index (κ3) is 20.9. The van der Waals surface area contributed by atoms with Crippen molar-refractivity contribution in [3.05, 3.63) is 175 Å². The topological polar surface area (TPSA) is 146 Å². The summed E-state index contributed by atoms with van der Waals surface area (Å²) >= 11 is 19.7. The number of anilines is 4. The maximum absolute atomic E-state index is 13.9. The summed E-state index contributed by atoms with van der Waals surface area (Å²) in [6.07, 6.45) is 45.6. The molecule has 592 valence electrons. The van der Waals surface area contributed by atoms with Crippen LogP contribution < -0.4 is 48.4 Å². The van der Waals surface area contributed by atoms with Crippen molar-refractivity contribution >= 4 is 103 Å². The van der Waals surface area contributed by atoms with E-state index in [0.717, 1.165) is 139 Å². The van der Waals surface area contributed by atoms with Crippen molar-refractivity contribution in [1.82, 2.24) is 0 Å². The van der Waals surface area contributed by atoms with E-state index in [1.807, 2.05) is 55.5 Å². The second-order valence-electron chi connectivity index (χ2n) is 30.2. The number of allylic oxidation sites excluding steroid dienone is 6. The fourth-order valence-corrected chi connectivity index (χ4v) is 16.3. The summed E-state index contributed by atoms with van der Waals surface area (Å²) in [4.78, 5) is 36.6. The predicted octanol–water partition coefficient (Wildman–Crippen LogP) is 23.5. The minimum atomic E-state index is -0.269. The molecule has 2 aliphatic carbocycles. The van der Waals surface area contributed by atoms with Gasteiger partial charge in [-0.2, -0.15) is 9.13 Å². The monoisotopic (exact) mass is 1550 g/mol. The molecule has 0 radical (unpaired) electrons. The SMILES string of the molecule is CCCCCCCCCCN1/C(=C\C2=C([O-])C(=Cc3oc4cc(OC)c(OC)cc4[n+]3CCCCCCCCCC)C2=O)N(CC)c2cc(C)c(Cl)cc21.CCCCCCCCCCN1/C(=C\C2=C([O-])C(=Cc3oc4ccc(-c5ccccc5)cc4[n+]3CCCCCCCCCC)C2=O)N(CC)c2cc(Cl)c(Cl)cc21. The van der Waals surface area contributed by atoms with E-state index >= 15 is 0 Å². The molecule has 0 fully saturated rings. The molecular formula is C93H121Cl3N6O8. The van der Waals surface area contributed by atoms with Crippen molar-refractivity contribution in [3.63, 3.8) is 0 Å². The second kappa shape index (κ2) is 42.7. The number of halogens is 3. The van der Waals surface area contributed by atoms with Crippen LogP contribution in [0.3, 0.4) is 0 Å². The van der Waals surface area contributed by atoms with E-state index in [4.69, 9.17) is 53.1 Å². The molecule has 14 nitrogen and oxygen atoms in total. The molecule has 0 atom stereocenters. The van der Waals surface area contributed by atoms with Gasteiger partial charge in [0.1, 0.15) is 11.6 Å². The number of hydrogen-bond donors (Lipinski definition) is 0. The van der Waals surface area contributed by atoms with Gasteiger partial charge in [0.05, 0.1) is 65.2 Å². The van der Waals surface area contributed by atoms with Gasteiger partial charge in [0, 0.05) is 78.5 Å². The number of carbonyl (C=O) groups excluding carboxylic acids is 2. The van der Waals surface area contributed by atoms with E-state index in [9.17, 15) is 19.8 Å². The van der Waals surface area contributed by atoms with Crippen LogP contribution >= 0.6 is 34.8 Å². The summed E-state index contributed by atoms with van der Waals surface area (Å²) in [6.45, 7) is 19.5. The standard InChI is InChI=1S/C48H59Cl2N3O3.C45H62ClN3O5/c1-4-7-9-11-13-15-17-22-28-52-42-34-40(50)39(49)33-41(42)51(6-3)45(52)31-37-47(54)38(48(37)55)32-46-53(29-23-18-16-14-12-10-8-5-2)43-30-36(26-27-44(43)56-46)35-24-20-19-21-25-35;1-7-10-12-14-16-18-20-22-24-48-37-29-35(46)32(4)26-36(37)47(9-3)42(48)27-33-44(50)34(45(33)51)28-43-49(25-23-21-19-17-15-13-11-8-2)38-30-40(52-5)41(53-6)31-39(38)54-43/h19-21,24-27,30-34H,4-18,22-23,28-29H2,1-3H3;26-31H,7-25H2,1-6H3. The number of hydrogen-bond acceptors (Lipinski definition) is 12. The van der Waals surface area contributed by atoms with Crippen LogP contribution in [0.2, 0.25) is 15.1 Å². The summed E-state index contributed by atoms with van der Waals surface area (Å²) in [6, 6.07) is 28.2. The van der Waals surface area contributed by atoms with Crippen molar-refractivity contribution in [2.45, 2.75) is 267 Å². The highest BCUT2D eigenvalue weighted by Crippen LogP contribution is 2.49. The van der Waals surface area contributed by atoms with Crippen LogP contribution in [-0.4, -0.2) is 52.0 Å². The number of aryl methyl sites for hydroxylation is 3. The minimum absolute atomic E-state index is 0.136. The number of benzene rings is 5. The first-order valence-corrected chi connectivity index (χ1v) is 43.1. The first kappa shape index (κ1) is 84.5. The lowest BCUT2D eigenvalue weighted by atomic mass is 9.87. The van der Waals surface area contributed by atoms with E-state index in [1.165, 1.54) is 154 Å². The zero-order chi connectivity index (χ0) is 78.1. The molecule has 0 amide bonds. The van der Waals surface area contributed by atoms with Crippen LogP contribution in [0.4, 0.5) is 22.7 Å². The van der Waals surface area contributed by atoms with Crippen molar-refractivity contribution in [2.75, 3.05) is 60.0 Å². The number of ether oxygens (including phenoxy) is 2. The van der Waals surface area contributed by atoms with Crippen molar-refractivity contribution < 1.29 is 47.2 Å². The molecule has 0 unspecified atom stereocenters. The molecule has 5 aromatic carbocycles. The summed E-state index contributed by atoms with van der Waals surface area (Å²) in [7, 11) is 3.21. The number of Topliss-reactive ketones (excluding diaryl/α,β-unsaturated/α-hetero) is 2.